The minimum absolute atomic E-state index is 0.0648. The van der Waals surface area contributed by atoms with Gasteiger partial charge < -0.3 is 9.47 Å². The van der Waals surface area contributed by atoms with Crippen molar-refractivity contribution in [3.63, 3.8) is 0 Å². The zero-order chi connectivity index (χ0) is 11.7. The Morgan fingerprint density at radius 3 is 2.27 bits per heavy atom. The van der Waals surface area contributed by atoms with Crippen LogP contribution in [0.25, 0.3) is 0 Å². The summed E-state index contributed by atoms with van der Waals surface area (Å²) in [4.78, 5) is 0. The standard InChI is InChI=1S/C8H11.C4H10O2.Hf/c1-2-5-8-6-3-4-7-8;1-4(5-2)6-3;/h3,6H,2,4-5H2,1H3;4H,1-3H3;. The minimum Gasteiger partial charge on any atom is -0.356 e. The Labute approximate surface area is 108 Å². The van der Waals surface area contributed by atoms with E-state index in [1.54, 1.807) is 23.1 Å². The van der Waals surface area contributed by atoms with Gasteiger partial charge in [0.25, 0.3) is 0 Å². The molecular formula is C12H21HfO2. The van der Waals surface area contributed by atoms with E-state index in [-0.39, 0.29) is 6.29 Å². The van der Waals surface area contributed by atoms with Gasteiger partial charge in [0.2, 0.25) is 0 Å². The van der Waals surface area contributed by atoms with Crippen LogP contribution in [-0.2, 0) is 33.8 Å². The monoisotopic (exact) mass is 377 g/mol. The first kappa shape index (κ1) is 15.3. The Kier molecular flexibility index (Phi) is 9.66. The van der Waals surface area contributed by atoms with Crippen molar-refractivity contribution in [2.45, 2.75) is 39.4 Å². The molecule has 0 atom stereocenters. The Morgan fingerprint density at radius 1 is 1.40 bits per heavy atom. The quantitative estimate of drug-likeness (QED) is 0.555. The van der Waals surface area contributed by atoms with Gasteiger partial charge in [-0.15, -0.1) is 0 Å². The molecule has 0 bridgehead atoms. The number of rotatable bonds is 4. The molecule has 0 N–H and O–H groups in total. The van der Waals surface area contributed by atoms with Gasteiger partial charge in [-0.1, -0.05) is 0 Å². The first-order chi connectivity index (χ1) is 7.15. The third-order valence-electron chi connectivity index (χ3n) is 2.21. The molecule has 85 valence electrons. The molecule has 0 amide bonds. The van der Waals surface area contributed by atoms with Crippen LogP contribution in [0, 0.1) is 0 Å². The van der Waals surface area contributed by atoms with Crippen molar-refractivity contribution in [1.82, 2.24) is 0 Å². The van der Waals surface area contributed by atoms with Gasteiger partial charge in [-0.05, 0) is 6.92 Å². The van der Waals surface area contributed by atoms with E-state index in [0.717, 1.165) is 0 Å². The molecule has 0 aromatic rings. The van der Waals surface area contributed by atoms with Crippen molar-refractivity contribution < 1.29 is 33.8 Å². The maximum absolute atomic E-state index is 4.68. The summed E-state index contributed by atoms with van der Waals surface area (Å²) in [7, 11) is 3.21. The smallest absolute Gasteiger partial charge is 0.154 e. The van der Waals surface area contributed by atoms with Gasteiger partial charge in [0, 0.05) is 14.2 Å². The van der Waals surface area contributed by atoms with E-state index in [0.29, 0.717) is 0 Å². The molecule has 0 heterocycles. The van der Waals surface area contributed by atoms with Crippen molar-refractivity contribution in [2.75, 3.05) is 14.2 Å². The zero-order valence-corrected chi connectivity index (χ0v) is 13.8. The fourth-order valence-corrected chi connectivity index (χ4v) is 2.32. The summed E-state index contributed by atoms with van der Waals surface area (Å²) in [5.74, 6) is 0. The van der Waals surface area contributed by atoms with Crippen molar-refractivity contribution in [3.05, 3.63) is 21.1 Å². The maximum atomic E-state index is 4.68. The van der Waals surface area contributed by atoms with E-state index in [4.69, 9.17) is 0 Å². The predicted molar refractivity (Wildman–Crippen MR) is 59.2 cm³/mol. The molecule has 0 aliphatic heterocycles. The van der Waals surface area contributed by atoms with E-state index in [1.807, 2.05) is 6.92 Å². The van der Waals surface area contributed by atoms with Gasteiger partial charge >= 0.3 is 71.6 Å². The fraction of sp³-hybridized carbons (Fsp3) is 0.667. The molecular weight excluding hydrogens is 355 g/mol. The number of allylic oxidation sites excluding steroid dienone is 4. The summed E-state index contributed by atoms with van der Waals surface area (Å²) in [5, 5.41) is 0. The topological polar surface area (TPSA) is 18.5 Å². The van der Waals surface area contributed by atoms with Gasteiger partial charge in [-0.2, -0.15) is 0 Å². The Morgan fingerprint density at radius 2 is 2.00 bits per heavy atom. The van der Waals surface area contributed by atoms with E-state index in [2.05, 4.69) is 28.5 Å². The second kappa shape index (κ2) is 9.49. The zero-order valence-electron chi connectivity index (χ0n) is 10.2. The molecule has 1 aliphatic rings. The Balaban J connectivity index is 0.000000288. The summed E-state index contributed by atoms with van der Waals surface area (Å²) in [6.07, 6.45) is 8.37. The molecule has 0 spiro atoms. The number of hydrogen-bond acceptors (Lipinski definition) is 2. The van der Waals surface area contributed by atoms with E-state index < -0.39 is 0 Å². The third-order valence-corrected chi connectivity index (χ3v) is 4.10. The van der Waals surface area contributed by atoms with Gasteiger partial charge in [-0.3, -0.25) is 0 Å². The summed E-state index contributed by atoms with van der Waals surface area (Å²) in [5.41, 5.74) is 1.63. The normalized spacial score (nSPS) is 14.4. The maximum Gasteiger partial charge on any atom is 0.154 e. The van der Waals surface area contributed by atoms with Crippen molar-refractivity contribution in [3.8, 4) is 0 Å². The molecule has 0 fully saturated rings. The third kappa shape index (κ3) is 7.20. The second-order valence-electron chi connectivity index (χ2n) is 3.40. The van der Waals surface area contributed by atoms with Gasteiger partial charge in [0.05, 0.1) is 0 Å². The van der Waals surface area contributed by atoms with Crippen LogP contribution >= 0.6 is 0 Å². The Bertz CT molecular complexity index is 218. The summed E-state index contributed by atoms with van der Waals surface area (Å²) >= 11 is 1.27. The molecule has 2 nitrogen and oxygen atoms in total. The summed E-state index contributed by atoms with van der Waals surface area (Å²) in [6.45, 7) is 4.08. The molecule has 0 saturated heterocycles. The molecule has 0 saturated carbocycles. The van der Waals surface area contributed by atoms with Crippen LogP contribution in [0.3, 0.4) is 0 Å². The molecule has 1 rings (SSSR count). The molecule has 0 unspecified atom stereocenters. The SMILES string of the molecule is CCCC1=[C]([Hf])CC=C1.COC(C)OC. The summed E-state index contributed by atoms with van der Waals surface area (Å²) in [6, 6.07) is 0. The van der Waals surface area contributed by atoms with Crippen LogP contribution in [0.1, 0.15) is 33.1 Å². The molecule has 0 aromatic heterocycles. The van der Waals surface area contributed by atoms with Crippen LogP contribution in [0.2, 0.25) is 0 Å². The van der Waals surface area contributed by atoms with E-state index in [9.17, 15) is 0 Å². The fourth-order valence-electron chi connectivity index (χ4n) is 1.15. The summed E-state index contributed by atoms with van der Waals surface area (Å²) < 4.78 is 11.1. The number of ether oxygens (including phenoxy) is 2. The van der Waals surface area contributed by atoms with E-state index in [1.165, 1.54) is 43.6 Å². The van der Waals surface area contributed by atoms with Crippen LogP contribution in [0.4, 0.5) is 0 Å². The van der Waals surface area contributed by atoms with Crippen molar-refractivity contribution in [2.24, 2.45) is 0 Å². The molecule has 15 heavy (non-hydrogen) atoms. The van der Waals surface area contributed by atoms with Gasteiger partial charge in [0.1, 0.15) is 0 Å². The average molecular weight is 376 g/mol. The Hall–Kier alpha value is 0.270. The van der Waals surface area contributed by atoms with Gasteiger partial charge in [-0.25, -0.2) is 0 Å². The predicted octanol–water partition coefficient (Wildman–Crippen LogP) is 3.17. The first-order valence-corrected chi connectivity index (χ1v) is 7.11. The van der Waals surface area contributed by atoms with Crippen LogP contribution < -0.4 is 0 Å². The second-order valence-corrected chi connectivity index (χ2v) is 5.57. The largest absolute Gasteiger partial charge is 0.356 e. The van der Waals surface area contributed by atoms with E-state index >= 15 is 0 Å². The molecule has 1 aliphatic carbocycles. The molecule has 3 heteroatoms. The van der Waals surface area contributed by atoms with Crippen LogP contribution in [0.15, 0.2) is 21.1 Å². The number of hydrogen-bond donors (Lipinski definition) is 0. The van der Waals surface area contributed by atoms with Crippen LogP contribution in [-0.4, -0.2) is 20.5 Å². The van der Waals surface area contributed by atoms with Crippen molar-refractivity contribution >= 4 is 0 Å². The molecule has 0 aromatic carbocycles. The van der Waals surface area contributed by atoms with Crippen molar-refractivity contribution in [1.29, 1.82) is 0 Å². The minimum atomic E-state index is -0.0648. The van der Waals surface area contributed by atoms with Crippen LogP contribution in [0.5, 0.6) is 0 Å². The molecule has 0 radical (unpaired) electrons. The average Bonchev–Trinajstić information content (AvgIpc) is 2.65. The first-order valence-electron chi connectivity index (χ1n) is 5.31. The van der Waals surface area contributed by atoms with Gasteiger partial charge in [0.15, 0.2) is 6.29 Å². The number of methoxy groups -OCH3 is 2.